The van der Waals surface area contributed by atoms with Crippen LogP contribution in [0.15, 0.2) is 22.8 Å². The topological polar surface area (TPSA) is 42.7 Å². The maximum absolute atomic E-state index is 11.9. The van der Waals surface area contributed by atoms with Crippen molar-refractivity contribution in [3.63, 3.8) is 0 Å². The third-order valence-electron chi connectivity index (χ3n) is 2.65. The van der Waals surface area contributed by atoms with Crippen LogP contribution < -0.4 is 0 Å². The number of morpholine rings is 1. The number of ketones is 1. The van der Waals surface area contributed by atoms with Gasteiger partial charge in [0.1, 0.15) is 6.10 Å². The van der Waals surface area contributed by atoms with Crippen molar-refractivity contribution in [3.8, 4) is 0 Å². The van der Waals surface area contributed by atoms with Gasteiger partial charge in [0, 0.05) is 13.1 Å². The summed E-state index contributed by atoms with van der Waals surface area (Å²) in [6.07, 6.45) is 1.14. The van der Waals surface area contributed by atoms with Gasteiger partial charge in [0.05, 0.1) is 12.9 Å². The van der Waals surface area contributed by atoms with Crippen molar-refractivity contribution in [2.24, 2.45) is 0 Å². The maximum Gasteiger partial charge on any atom is 0.227 e. The lowest BCUT2D eigenvalue weighted by Gasteiger charge is -2.30. The zero-order chi connectivity index (χ0) is 10.7. The predicted octanol–water partition coefficient (Wildman–Crippen LogP) is 1.18. The molecule has 1 fully saturated rings. The van der Waals surface area contributed by atoms with Crippen molar-refractivity contribution in [2.75, 3.05) is 26.2 Å². The van der Waals surface area contributed by atoms with E-state index in [2.05, 4.69) is 11.8 Å². The normalized spacial score (nSPS) is 22.9. The van der Waals surface area contributed by atoms with E-state index in [-0.39, 0.29) is 11.9 Å². The van der Waals surface area contributed by atoms with Crippen LogP contribution in [0.25, 0.3) is 0 Å². The van der Waals surface area contributed by atoms with Gasteiger partial charge in [-0.2, -0.15) is 0 Å². The van der Waals surface area contributed by atoms with Gasteiger partial charge < -0.3 is 9.15 Å². The summed E-state index contributed by atoms with van der Waals surface area (Å²) in [4.78, 5) is 14.1. The maximum atomic E-state index is 11.9. The van der Waals surface area contributed by atoms with E-state index in [1.54, 1.807) is 12.1 Å². The van der Waals surface area contributed by atoms with Gasteiger partial charge in [-0.1, -0.05) is 6.92 Å². The van der Waals surface area contributed by atoms with Gasteiger partial charge in [-0.25, -0.2) is 0 Å². The molecule has 0 N–H and O–H groups in total. The van der Waals surface area contributed by atoms with Crippen molar-refractivity contribution in [1.82, 2.24) is 4.90 Å². The average Bonchev–Trinajstić information content (AvgIpc) is 2.81. The Morgan fingerprint density at radius 1 is 1.67 bits per heavy atom. The molecule has 4 heteroatoms. The van der Waals surface area contributed by atoms with E-state index in [4.69, 9.17) is 9.15 Å². The number of nitrogens with zero attached hydrogens (tertiary/aromatic N) is 1. The zero-order valence-electron chi connectivity index (χ0n) is 8.81. The highest BCUT2D eigenvalue weighted by atomic mass is 16.5. The lowest BCUT2D eigenvalue weighted by molar-refractivity contribution is -0.0161. The fourth-order valence-corrected chi connectivity index (χ4v) is 1.73. The van der Waals surface area contributed by atoms with Crippen LogP contribution in [-0.4, -0.2) is 43.0 Å². The Balaban J connectivity index is 2.01. The molecule has 4 nitrogen and oxygen atoms in total. The number of Topliss-reactive ketones (excluding diaryl/α,β-unsaturated/α-hetero) is 1. The Kier molecular flexibility index (Phi) is 3.18. The second-order valence-corrected chi connectivity index (χ2v) is 3.59. The number of carbonyl (C=O) groups is 1. The summed E-state index contributed by atoms with van der Waals surface area (Å²) in [5, 5.41) is 0. The second kappa shape index (κ2) is 4.59. The highest BCUT2D eigenvalue weighted by molar-refractivity contribution is 5.97. The van der Waals surface area contributed by atoms with E-state index in [1.807, 2.05) is 0 Å². The van der Waals surface area contributed by atoms with E-state index in [0.717, 1.165) is 13.1 Å². The molecule has 0 saturated carbocycles. The molecule has 0 bridgehead atoms. The van der Waals surface area contributed by atoms with Crippen LogP contribution >= 0.6 is 0 Å². The third kappa shape index (κ3) is 2.27. The third-order valence-corrected chi connectivity index (χ3v) is 2.65. The summed E-state index contributed by atoms with van der Waals surface area (Å²) in [5.74, 6) is 0.330. The van der Waals surface area contributed by atoms with Gasteiger partial charge >= 0.3 is 0 Å². The molecule has 1 saturated heterocycles. The molecule has 82 valence electrons. The van der Waals surface area contributed by atoms with Crippen molar-refractivity contribution < 1.29 is 13.9 Å². The van der Waals surface area contributed by atoms with Gasteiger partial charge in [-0.15, -0.1) is 0 Å². The quantitative estimate of drug-likeness (QED) is 0.701. The molecular weight excluding hydrogens is 194 g/mol. The van der Waals surface area contributed by atoms with E-state index in [0.29, 0.717) is 18.9 Å². The van der Waals surface area contributed by atoms with Gasteiger partial charge in [0.2, 0.25) is 5.78 Å². The lowest BCUT2D eigenvalue weighted by atomic mass is 10.1. The van der Waals surface area contributed by atoms with Crippen molar-refractivity contribution >= 4 is 5.78 Å². The first-order valence-corrected chi connectivity index (χ1v) is 5.23. The standard InChI is InChI=1S/C11H15NO3/c1-2-12-5-7-15-10(8-12)11(13)9-4-3-6-14-9/h3-4,6,10H,2,5,7-8H2,1H3. The molecule has 0 amide bonds. The van der Waals surface area contributed by atoms with E-state index in [1.165, 1.54) is 6.26 Å². The Morgan fingerprint density at radius 2 is 2.53 bits per heavy atom. The molecule has 0 spiro atoms. The molecule has 0 aromatic carbocycles. The molecule has 15 heavy (non-hydrogen) atoms. The summed E-state index contributed by atoms with van der Waals surface area (Å²) in [5.41, 5.74) is 0. The van der Waals surface area contributed by atoms with Crippen LogP contribution in [0.4, 0.5) is 0 Å². The molecule has 1 aromatic heterocycles. The summed E-state index contributed by atoms with van der Waals surface area (Å²) in [6, 6.07) is 3.39. The van der Waals surface area contributed by atoms with Gasteiger partial charge in [-0.05, 0) is 18.7 Å². The minimum Gasteiger partial charge on any atom is -0.461 e. The smallest absolute Gasteiger partial charge is 0.227 e. The molecular formula is C11H15NO3. The van der Waals surface area contributed by atoms with Crippen LogP contribution in [-0.2, 0) is 4.74 Å². The molecule has 0 radical (unpaired) electrons. The van der Waals surface area contributed by atoms with Gasteiger partial charge in [-0.3, -0.25) is 9.69 Å². The van der Waals surface area contributed by atoms with Crippen LogP contribution in [0.2, 0.25) is 0 Å². The molecule has 0 aliphatic carbocycles. The van der Waals surface area contributed by atoms with Gasteiger partial charge in [0.15, 0.2) is 5.76 Å². The summed E-state index contributed by atoms with van der Waals surface area (Å²) in [6.45, 7) is 5.21. The number of ether oxygens (including phenoxy) is 1. The average molecular weight is 209 g/mol. The van der Waals surface area contributed by atoms with Crippen LogP contribution in [0.1, 0.15) is 17.5 Å². The molecule has 1 aromatic rings. The Labute approximate surface area is 88.8 Å². The fourth-order valence-electron chi connectivity index (χ4n) is 1.73. The highest BCUT2D eigenvalue weighted by Crippen LogP contribution is 2.12. The minimum absolute atomic E-state index is 0.0573. The Hall–Kier alpha value is -1.13. The Morgan fingerprint density at radius 3 is 3.20 bits per heavy atom. The number of likely N-dealkylation sites (N-methyl/N-ethyl adjacent to an activating group) is 1. The Bertz CT molecular complexity index is 321. The number of carbonyl (C=O) groups excluding carboxylic acids is 1. The van der Waals surface area contributed by atoms with Crippen molar-refractivity contribution in [2.45, 2.75) is 13.0 Å². The molecule has 1 atom stereocenters. The first-order chi connectivity index (χ1) is 7.31. The van der Waals surface area contributed by atoms with Crippen LogP contribution in [0.5, 0.6) is 0 Å². The molecule has 2 rings (SSSR count). The molecule has 2 heterocycles. The summed E-state index contributed by atoms with van der Waals surface area (Å²) in [7, 11) is 0. The molecule has 1 aliphatic heterocycles. The van der Waals surface area contributed by atoms with E-state index in [9.17, 15) is 4.79 Å². The first-order valence-electron chi connectivity index (χ1n) is 5.23. The highest BCUT2D eigenvalue weighted by Gasteiger charge is 2.28. The van der Waals surface area contributed by atoms with Gasteiger partial charge in [0.25, 0.3) is 0 Å². The number of furan rings is 1. The monoisotopic (exact) mass is 209 g/mol. The fraction of sp³-hybridized carbons (Fsp3) is 0.545. The summed E-state index contributed by atoms with van der Waals surface area (Å²) >= 11 is 0. The number of hydrogen-bond acceptors (Lipinski definition) is 4. The van der Waals surface area contributed by atoms with Crippen molar-refractivity contribution in [1.29, 1.82) is 0 Å². The van der Waals surface area contributed by atoms with E-state index < -0.39 is 0 Å². The molecule has 1 unspecified atom stereocenters. The molecule has 1 aliphatic rings. The second-order valence-electron chi connectivity index (χ2n) is 3.59. The predicted molar refractivity (Wildman–Crippen MR) is 54.9 cm³/mol. The largest absolute Gasteiger partial charge is 0.461 e. The van der Waals surface area contributed by atoms with E-state index >= 15 is 0 Å². The SMILES string of the molecule is CCN1CCOC(C(=O)c2ccco2)C1. The zero-order valence-corrected chi connectivity index (χ0v) is 8.81. The summed E-state index contributed by atoms with van der Waals surface area (Å²) < 4.78 is 10.5. The number of rotatable bonds is 3. The van der Waals surface area contributed by atoms with Crippen LogP contribution in [0, 0.1) is 0 Å². The number of hydrogen-bond donors (Lipinski definition) is 0. The van der Waals surface area contributed by atoms with Crippen LogP contribution in [0.3, 0.4) is 0 Å². The first kappa shape index (κ1) is 10.4. The van der Waals surface area contributed by atoms with Crippen molar-refractivity contribution in [3.05, 3.63) is 24.2 Å². The lowest BCUT2D eigenvalue weighted by Crippen LogP contribution is -2.45. The minimum atomic E-state index is -0.371.